The normalized spacial score (nSPS) is 15.6. The standard InChI is InChI=1S/C18H25F3N6O.ClH/c1-11-14(4-5-15(28)26-8-6-13(7-9-26)10-22-3)12(2)27-17(23-11)24-16(25-27)18(19,20)21;/h13,22H,4-10H2,1-3H3;1H. The van der Waals surface area contributed by atoms with Gasteiger partial charge in [-0.2, -0.15) is 18.2 Å². The highest BCUT2D eigenvalue weighted by molar-refractivity contribution is 5.85. The summed E-state index contributed by atoms with van der Waals surface area (Å²) in [6, 6.07) is 0. The van der Waals surface area contributed by atoms with Crippen LogP contribution >= 0.6 is 12.4 Å². The van der Waals surface area contributed by atoms with E-state index < -0.39 is 12.0 Å². The zero-order chi connectivity index (χ0) is 20.5. The fraction of sp³-hybridized carbons (Fsp3) is 0.667. The van der Waals surface area contributed by atoms with Gasteiger partial charge < -0.3 is 10.2 Å². The number of aryl methyl sites for hydroxylation is 2. The van der Waals surface area contributed by atoms with Crippen molar-refractivity contribution in [1.29, 1.82) is 0 Å². The summed E-state index contributed by atoms with van der Waals surface area (Å²) in [6.07, 6.45) is -1.94. The molecule has 0 radical (unpaired) electrons. The molecular weight excluding hydrogens is 409 g/mol. The minimum absolute atomic E-state index is 0. The van der Waals surface area contributed by atoms with Crippen LogP contribution in [-0.2, 0) is 17.4 Å². The smallest absolute Gasteiger partial charge is 0.343 e. The van der Waals surface area contributed by atoms with Crippen molar-refractivity contribution in [3.8, 4) is 0 Å². The van der Waals surface area contributed by atoms with Gasteiger partial charge in [0.15, 0.2) is 0 Å². The molecule has 11 heteroatoms. The number of hydrogen-bond donors (Lipinski definition) is 1. The van der Waals surface area contributed by atoms with Crippen LogP contribution in [0.5, 0.6) is 0 Å². The number of amides is 1. The van der Waals surface area contributed by atoms with E-state index in [1.165, 1.54) is 0 Å². The molecule has 3 heterocycles. The van der Waals surface area contributed by atoms with Gasteiger partial charge in [0.2, 0.25) is 5.91 Å². The van der Waals surface area contributed by atoms with Crippen LogP contribution in [0.25, 0.3) is 5.78 Å². The summed E-state index contributed by atoms with van der Waals surface area (Å²) in [4.78, 5) is 22.1. The lowest BCUT2D eigenvalue weighted by Gasteiger charge is -2.32. The molecule has 1 fully saturated rings. The van der Waals surface area contributed by atoms with Crippen LogP contribution in [0.1, 0.15) is 42.0 Å². The van der Waals surface area contributed by atoms with Crippen LogP contribution in [0.15, 0.2) is 0 Å². The predicted octanol–water partition coefficient (Wildman–Crippen LogP) is 2.57. The Hall–Kier alpha value is -1.94. The molecule has 0 spiro atoms. The highest BCUT2D eigenvalue weighted by Crippen LogP contribution is 2.27. The molecule has 1 saturated heterocycles. The number of carbonyl (C=O) groups is 1. The summed E-state index contributed by atoms with van der Waals surface area (Å²) in [5, 5.41) is 6.72. The fourth-order valence-electron chi connectivity index (χ4n) is 3.76. The van der Waals surface area contributed by atoms with Crippen LogP contribution in [0.3, 0.4) is 0 Å². The van der Waals surface area contributed by atoms with Gasteiger partial charge in [0.1, 0.15) is 0 Å². The number of likely N-dealkylation sites (tertiary alicyclic amines) is 1. The molecule has 0 aliphatic carbocycles. The van der Waals surface area contributed by atoms with Gasteiger partial charge in [-0.3, -0.25) is 4.79 Å². The van der Waals surface area contributed by atoms with Crippen LogP contribution in [-0.4, -0.2) is 57.1 Å². The molecule has 2 aromatic rings. The van der Waals surface area contributed by atoms with Gasteiger partial charge in [-0.1, -0.05) is 0 Å². The molecule has 162 valence electrons. The van der Waals surface area contributed by atoms with Crippen molar-refractivity contribution in [3.63, 3.8) is 0 Å². The summed E-state index contributed by atoms with van der Waals surface area (Å²) in [7, 11) is 1.93. The Balaban J connectivity index is 0.00000300. The molecule has 0 bridgehead atoms. The Morgan fingerprint density at radius 2 is 1.86 bits per heavy atom. The van der Waals surface area contributed by atoms with Crippen molar-refractivity contribution in [2.75, 3.05) is 26.7 Å². The lowest BCUT2D eigenvalue weighted by atomic mass is 9.96. The van der Waals surface area contributed by atoms with Gasteiger partial charge in [0.25, 0.3) is 11.6 Å². The van der Waals surface area contributed by atoms with E-state index in [1.54, 1.807) is 13.8 Å². The lowest BCUT2D eigenvalue weighted by Crippen LogP contribution is -2.40. The summed E-state index contributed by atoms with van der Waals surface area (Å²) in [5.74, 6) is -0.624. The van der Waals surface area contributed by atoms with Gasteiger partial charge >= 0.3 is 6.18 Å². The highest BCUT2D eigenvalue weighted by Gasteiger charge is 2.37. The maximum absolute atomic E-state index is 12.9. The Bertz CT molecular complexity index is 861. The summed E-state index contributed by atoms with van der Waals surface area (Å²) in [6.45, 7) is 5.86. The molecule has 0 saturated carbocycles. The van der Waals surface area contributed by atoms with Gasteiger partial charge in [-0.15, -0.1) is 17.5 Å². The molecule has 0 aromatic carbocycles. The first-order valence-corrected chi connectivity index (χ1v) is 9.43. The third-order valence-electron chi connectivity index (χ3n) is 5.35. The van der Waals surface area contributed by atoms with Crippen molar-refractivity contribution in [2.24, 2.45) is 5.92 Å². The lowest BCUT2D eigenvalue weighted by molar-refractivity contribution is -0.144. The molecule has 3 rings (SSSR count). The van der Waals surface area contributed by atoms with Crippen molar-refractivity contribution >= 4 is 24.1 Å². The number of nitrogens with zero attached hydrogens (tertiary/aromatic N) is 5. The first kappa shape index (κ1) is 23.3. The Morgan fingerprint density at radius 3 is 2.45 bits per heavy atom. The van der Waals surface area contributed by atoms with Crippen LogP contribution in [0.2, 0.25) is 0 Å². The highest BCUT2D eigenvalue weighted by atomic mass is 35.5. The first-order valence-electron chi connectivity index (χ1n) is 9.43. The Morgan fingerprint density at radius 1 is 1.21 bits per heavy atom. The fourth-order valence-corrected chi connectivity index (χ4v) is 3.76. The maximum atomic E-state index is 12.9. The van der Waals surface area contributed by atoms with Crippen LogP contribution < -0.4 is 5.32 Å². The number of alkyl halides is 3. The second-order valence-corrected chi connectivity index (χ2v) is 7.29. The molecule has 2 aromatic heterocycles. The van der Waals surface area contributed by atoms with Gasteiger partial charge in [-0.05, 0) is 58.2 Å². The van der Waals surface area contributed by atoms with E-state index >= 15 is 0 Å². The number of hydrogen-bond acceptors (Lipinski definition) is 5. The molecule has 0 unspecified atom stereocenters. The van der Waals surface area contributed by atoms with E-state index in [1.807, 2.05) is 11.9 Å². The number of piperidine rings is 1. The van der Waals surface area contributed by atoms with E-state index in [9.17, 15) is 18.0 Å². The summed E-state index contributed by atoms with van der Waals surface area (Å²) >= 11 is 0. The molecule has 7 nitrogen and oxygen atoms in total. The zero-order valence-electron chi connectivity index (χ0n) is 16.7. The van der Waals surface area contributed by atoms with Crippen molar-refractivity contribution in [1.82, 2.24) is 29.8 Å². The summed E-state index contributed by atoms with van der Waals surface area (Å²) in [5.41, 5.74) is 1.85. The van der Waals surface area contributed by atoms with E-state index in [2.05, 4.69) is 20.4 Å². The molecule has 29 heavy (non-hydrogen) atoms. The van der Waals surface area contributed by atoms with Crippen molar-refractivity contribution in [3.05, 3.63) is 22.8 Å². The largest absolute Gasteiger partial charge is 0.453 e. The second kappa shape index (κ2) is 9.25. The number of nitrogens with one attached hydrogen (secondary N) is 1. The molecule has 1 N–H and O–H groups in total. The average molecular weight is 435 g/mol. The first-order chi connectivity index (χ1) is 13.2. The predicted molar refractivity (Wildman–Crippen MR) is 104 cm³/mol. The zero-order valence-corrected chi connectivity index (χ0v) is 17.5. The summed E-state index contributed by atoms with van der Waals surface area (Å²) < 4.78 is 39.7. The third-order valence-corrected chi connectivity index (χ3v) is 5.35. The maximum Gasteiger partial charge on any atom is 0.453 e. The monoisotopic (exact) mass is 434 g/mol. The number of halogens is 4. The van der Waals surface area contributed by atoms with E-state index in [0.29, 0.717) is 30.1 Å². The topological polar surface area (TPSA) is 75.4 Å². The minimum Gasteiger partial charge on any atom is -0.343 e. The van der Waals surface area contributed by atoms with Gasteiger partial charge in [0, 0.05) is 30.9 Å². The number of aromatic nitrogens is 4. The molecular formula is C18H26ClF3N6O. The Kier molecular flexibility index (Phi) is 7.45. The van der Waals surface area contributed by atoms with Gasteiger partial charge in [-0.25, -0.2) is 9.50 Å². The molecule has 0 atom stereocenters. The van der Waals surface area contributed by atoms with Crippen molar-refractivity contribution < 1.29 is 18.0 Å². The van der Waals surface area contributed by atoms with E-state index in [0.717, 1.165) is 42.6 Å². The molecule has 1 amide bonds. The van der Waals surface area contributed by atoms with E-state index in [-0.39, 0.29) is 24.1 Å². The average Bonchev–Trinajstić information content (AvgIpc) is 3.07. The number of fused-ring (bicyclic) bond motifs is 1. The van der Waals surface area contributed by atoms with E-state index in [4.69, 9.17) is 0 Å². The number of rotatable bonds is 5. The molecule has 1 aliphatic rings. The number of carbonyl (C=O) groups excluding carboxylic acids is 1. The van der Waals surface area contributed by atoms with Gasteiger partial charge in [0.05, 0.1) is 0 Å². The van der Waals surface area contributed by atoms with Crippen molar-refractivity contribution in [2.45, 2.75) is 45.7 Å². The Labute approximate surface area is 173 Å². The van der Waals surface area contributed by atoms with Crippen LogP contribution in [0.4, 0.5) is 13.2 Å². The molecule has 1 aliphatic heterocycles. The minimum atomic E-state index is -4.62. The SMILES string of the molecule is CNCC1CCN(C(=O)CCc2c(C)nc3nc(C(F)(F)F)nn3c2C)CC1.Cl. The second-order valence-electron chi connectivity index (χ2n) is 7.29. The quantitative estimate of drug-likeness (QED) is 0.782. The third kappa shape index (κ3) is 5.16. The van der Waals surface area contributed by atoms with Crippen LogP contribution in [0, 0.1) is 19.8 Å².